The van der Waals surface area contributed by atoms with Crippen LogP contribution in [0.3, 0.4) is 0 Å². The summed E-state index contributed by atoms with van der Waals surface area (Å²) in [6, 6.07) is 12.4. The molecule has 2 aromatic carbocycles. The number of carbonyl (C=O) groups is 2. The average Bonchev–Trinajstić information content (AvgIpc) is 3.06. The SMILES string of the molecule is CCc1ccc([C@@H]2/C(=C(\O)c3ccc(OCC(C)C)c(C)c3)C(=O)C(=O)N2CCOC)cc1. The molecule has 6 heteroatoms. The molecule has 1 amide bonds. The highest BCUT2D eigenvalue weighted by Crippen LogP contribution is 2.39. The molecule has 3 rings (SSSR count). The van der Waals surface area contributed by atoms with Crippen LogP contribution in [-0.2, 0) is 20.7 Å². The average molecular weight is 452 g/mol. The Bertz CT molecular complexity index is 1040. The van der Waals surface area contributed by atoms with Crippen molar-refractivity contribution in [1.29, 1.82) is 0 Å². The summed E-state index contributed by atoms with van der Waals surface area (Å²) in [5, 5.41) is 11.2. The fourth-order valence-electron chi connectivity index (χ4n) is 3.95. The van der Waals surface area contributed by atoms with Crippen LogP contribution in [0.2, 0.25) is 0 Å². The molecule has 6 nitrogen and oxygen atoms in total. The molecule has 0 spiro atoms. The van der Waals surface area contributed by atoms with Gasteiger partial charge in [0.2, 0.25) is 0 Å². The molecule has 0 unspecified atom stereocenters. The summed E-state index contributed by atoms with van der Waals surface area (Å²) in [7, 11) is 1.55. The summed E-state index contributed by atoms with van der Waals surface area (Å²) in [6.07, 6.45) is 0.884. The van der Waals surface area contributed by atoms with E-state index in [1.165, 1.54) is 4.90 Å². The van der Waals surface area contributed by atoms with Gasteiger partial charge in [-0.3, -0.25) is 9.59 Å². The third kappa shape index (κ3) is 5.28. The third-order valence-electron chi connectivity index (χ3n) is 5.80. The van der Waals surface area contributed by atoms with Crippen molar-refractivity contribution >= 4 is 17.4 Å². The van der Waals surface area contributed by atoms with Crippen molar-refractivity contribution in [1.82, 2.24) is 4.90 Å². The van der Waals surface area contributed by atoms with Gasteiger partial charge in [0, 0.05) is 19.2 Å². The Labute approximate surface area is 195 Å². The number of hydrogen-bond acceptors (Lipinski definition) is 5. The Morgan fingerprint density at radius 2 is 1.82 bits per heavy atom. The summed E-state index contributed by atoms with van der Waals surface area (Å²) in [5.74, 6) is -0.388. The van der Waals surface area contributed by atoms with Crippen molar-refractivity contribution < 1.29 is 24.2 Å². The summed E-state index contributed by atoms with van der Waals surface area (Å²) in [5.41, 5.74) is 3.34. The molecular weight excluding hydrogens is 418 g/mol. The molecule has 0 saturated carbocycles. The van der Waals surface area contributed by atoms with Crippen molar-refractivity contribution in [3.05, 3.63) is 70.3 Å². The van der Waals surface area contributed by atoms with E-state index >= 15 is 0 Å². The molecule has 0 aromatic heterocycles. The van der Waals surface area contributed by atoms with Gasteiger partial charge in [0.05, 0.1) is 24.8 Å². The van der Waals surface area contributed by atoms with E-state index in [2.05, 4.69) is 20.8 Å². The van der Waals surface area contributed by atoms with Crippen molar-refractivity contribution in [2.45, 2.75) is 40.2 Å². The number of benzene rings is 2. The largest absolute Gasteiger partial charge is 0.507 e. The summed E-state index contributed by atoms with van der Waals surface area (Å²) in [6.45, 7) is 9.23. The Balaban J connectivity index is 2.06. The maximum Gasteiger partial charge on any atom is 0.295 e. The van der Waals surface area contributed by atoms with Crippen LogP contribution < -0.4 is 4.74 Å². The van der Waals surface area contributed by atoms with Gasteiger partial charge in [-0.1, -0.05) is 45.0 Å². The quantitative estimate of drug-likeness (QED) is 0.341. The number of methoxy groups -OCH3 is 1. The molecule has 0 bridgehead atoms. The van der Waals surface area contributed by atoms with Crippen LogP contribution in [0.15, 0.2) is 48.0 Å². The van der Waals surface area contributed by atoms with Crippen LogP contribution in [0, 0.1) is 12.8 Å². The lowest BCUT2D eigenvalue weighted by Gasteiger charge is -2.25. The van der Waals surface area contributed by atoms with Gasteiger partial charge in [-0.05, 0) is 54.2 Å². The number of hydrogen-bond donors (Lipinski definition) is 1. The first kappa shape index (κ1) is 24.5. The lowest BCUT2D eigenvalue weighted by atomic mass is 9.94. The summed E-state index contributed by atoms with van der Waals surface area (Å²) >= 11 is 0. The van der Waals surface area contributed by atoms with E-state index in [4.69, 9.17) is 9.47 Å². The van der Waals surface area contributed by atoms with Crippen LogP contribution in [0.25, 0.3) is 5.76 Å². The first-order valence-electron chi connectivity index (χ1n) is 11.4. The Kier molecular flexibility index (Phi) is 7.92. The standard InChI is InChI=1S/C27H33NO5/c1-6-19-7-9-20(10-8-19)24-23(26(30)27(31)28(24)13-14-32-5)25(29)21-11-12-22(18(4)15-21)33-16-17(2)3/h7-12,15,17,24,29H,6,13-14,16H2,1-5H3/b25-23+/t24-/m1/s1. The molecule has 33 heavy (non-hydrogen) atoms. The zero-order valence-electron chi connectivity index (χ0n) is 20.1. The smallest absolute Gasteiger partial charge is 0.295 e. The normalized spacial score (nSPS) is 17.8. The number of likely N-dealkylation sites (tertiary alicyclic amines) is 1. The predicted octanol–water partition coefficient (Wildman–Crippen LogP) is 4.66. The predicted molar refractivity (Wildman–Crippen MR) is 128 cm³/mol. The molecule has 176 valence electrons. The van der Waals surface area contributed by atoms with Gasteiger partial charge >= 0.3 is 0 Å². The fourth-order valence-corrected chi connectivity index (χ4v) is 3.95. The van der Waals surface area contributed by atoms with E-state index in [1.54, 1.807) is 25.3 Å². The zero-order chi connectivity index (χ0) is 24.1. The van der Waals surface area contributed by atoms with Gasteiger partial charge in [0.1, 0.15) is 11.5 Å². The maximum atomic E-state index is 13.1. The lowest BCUT2D eigenvalue weighted by Crippen LogP contribution is -2.32. The van der Waals surface area contributed by atoms with Crippen LogP contribution >= 0.6 is 0 Å². The maximum absolute atomic E-state index is 13.1. The Morgan fingerprint density at radius 1 is 1.12 bits per heavy atom. The fraction of sp³-hybridized carbons (Fsp3) is 0.407. The second-order valence-corrected chi connectivity index (χ2v) is 8.77. The Morgan fingerprint density at radius 3 is 2.39 bits per heavy atom. The van der Waals surface area contributed by atoms with E-state index in [0.29, 0.717) is 18.1 Å². The van der Waals surface area contributed by atoms with Gasteiger partial charge in [-0.2, -0.15) is 0 Å². The molecule has 1 aliphatic heterocycles. The number of aliphatic hydroxyl groups excluding tert-OH is 1. The molecule has 1 aliphatic rings. The van der Waals surface area contributed by atoms with Gasteiger partial charge in [0.15, 0.2) is 0 Å². The van der Waals surface area contributed by atoms with E-state index < -0.39 is 17.7 Å². The minimum absolute atomic E-state index is 0.0931. The van der Waals surface area contributed by atoms with Gasteiger partial charge in [0.25, 0.3) is 11.7 Å². The molecular formula is C27H33NO5. The summed E-state index contributed by atoms with van der Waals surface area (Å²) < 4.78 is 11.0. The third-order valence-corrected chi connectivity index (χ3v) is 5.80. The molecule has 1 saturated heterocycles. The number of carbonyl (C=O) groups excluding carboxylic acids is 2. The van der Waals surface area contributed by atoms with Crippen molar-refractivity contribution in [3.8, 4) is 5.75 Å². The van der Waals surface area contributed by atoms with Crippen LogP contribution in [-0.4, -0.2) is 48.6 Å². The number of Topliss-reactive ketones (excluding diaryl/α,β-unsaturated/α-hetero) is 1. The van der Waals surface area contributed by atoms with E-state index in [1.807, 2.05) is 31.2 Å². The van der Waals surface area contributed by atoms with Crippen LogP contribution in [0.1, 0.15) is 49.1 Å². The molecule has 2 aromatic rings. The highest BCUT2D eigenvalue weighted by molar-refractivity contribution is 6.46. The molecule has 1 heterocycles. The van der Waals surface area contributed by atoms with E-state index in [9.17, 15) is 14.7 Å². The molecule has 1 fully saturated rings. The zero-order valence-corrected chi connectivity index (χ0v) is 20.1. The first-order valence-corrected chi connectivity index (χ1v) is 11.4. The van der Waals surface area contributed by atoms with Crippen molar-refractivity contribution in [2.75, 3.05) is 26.9 Å². The number of aryl methyl sites for hydroxylation is 2. The molecule has 1 N–H and O–H groups in total. The lowest BCUT2D eigenvalue weighted by molar-refractivity contribution is -0.140. The number of nitrogens with zero attached hydrogens (tertiary/aromatic N) is 1. The van der Waals surface area contributed by atoms with Crippen molar-refractivity contribution in [3.63, 3.8) is 0 Å². The van der Waals surface area contributed by atoms with E-state index in [-0.39, 0.29) is 24.5 Å². The van der Waals surface area contributed by atoms with Crippen LogP contribution in [0.5, 0.6) is 5.75 Å². The topological polar surface area (TPSA) is 76.1 Å². The highest BCUT2D eigenvalue weighted by atomic mass is 16.5. The first-order chi connectivity index (χ1) is 15.8. The van der Waals surface area contributed by atoms with E-state index in [0.717, 1.165) is 28.9 Å². The number of aliphatic hydroxyl groups is 1. The summed E-state index contributed by atoms with van der Waals surface area (Å²) in [4.78, 5) is 27.4. The monoisotopic (exact) mass is 451 g/mol. The number of ketones is 1. The number of amides is 1. The minimum atomic E-state index is -0.689. The van der Waals surface area contributed by atoms with Gasteiger partial charge in [-0.25, -0.2) is 0 Å². The number of rotatable bonds is 9. The highest BCUT2D eigenvalue weighted by Gasteiger charge is 2.45. The Hall–Kier alpha value is -3.12. The molecule has 0 aliphatic carbocycles. The van der Waals surface area contributed by atoms with Gasteiger partial charge in [-0.15, -0.1) is 0 Å². The van der Waals surface area contributed by atoms with Crippen molar-refractivity contribution in [2.24, 2.45) is 5.92 Å². The second kappa shape index (κ2) is 10.7. The van der Waals surface area contributed by atoms with Crippen LogP contribution in [0.4, 0.5) is 0 Å². The second-order valence-electron chi connectivity index (χ2n) is 8.77. The van der Waals surface area contributed by atoms with Gasteiger partial charge < -0.3 is 19.5 Å². The molecule has 0 radical (unpaired) electrons. The molecule has 1 atom stereocenters. The minimum Gasteiger partial charge on any atom is -0.507 e. The number of ether oxygens (including phenoxy) is 2.